The Kier molecular flexibility index (Phi) is 6.76. The Bertz CT molecular complexity index is 834. The van der Waals surface area contributed by atoms with E-state index in [-0.39, 0.29) is 12.1 Å². The molecule has 0 saturated carbocycles. The zero-order chi connectivity index (χ0) is 19.8. The third-order valence-corrected chi connectivity index (χ3v) is 3.75. The van der Waals surface area contributed by atoms with Crippen LogP contribution in [0.15, 0.2) is 42.5 Å². The summed E-state index contributed by atoms with van der Waals surface area (Å²) in [6.07, 6.45) is 0.477. The van der Waals surface area contributed by atoms with Gasteiger partial charge in [-0.1, -0.05) is 6.07 Å². The lowest BCUT2D eigenvalue weighted by Gasteiger charge is -2.10. The molecule has 2 rings (SSSR count). The molecule has 0 aliphatic heterocycles. The van der Waals surface area contributed by atoms with Gasteiger partial charge in [-0.3, -0.25) is 19.7 Å². The van der Waals surface area contributed by atoms with Crippen LogP contribution in [0, 0.1) is 0 Å². The van der Waals surface area contributed by atoms with Gasteiger partial charge in [0, 0.05) is 17.8 Å². The highest BCUT2D eigenvalue weighted by atomic mass is 16.5. The van der Waals surface area contributed by atoms with Gasteiger partial charge in [-0.05, 0) is 48.4 Å². The zero-order valence-corrected chi connectivity index (χ0v) is 15.1. The van der Waals surface area contributed by atoms with Gasteiger partial charge in [0.1, 0.15) is 0 Å². The van der Waals surface area contributed by atoms with Crippen LogP contribution >= 0.6 is 0 Å². The Hall–Kier alpha value is -3.55. The molecule has 0 saturated heterocycles. The normalized spacial score (nSPS) is 10.0. The number of methoxy groups -OCH3 is 2. The molecule has 2 aromatic carbocycles. The molecule has 8 nitrogen and oxygen atoms in total. The van der Waals surface area contributed by atoms with Crippen molar-refractivity contribution in [1.29, 1.82) is 0 Å². The molecule has 0 spiro atoms. The van der Waals surface area contributed by atoms with Crippen LogP contribution in [0.25, 0.3) is 0 Å². The van der Waals surface area contributed by atoms with Gasteiger partial charge < -0.3 is 20.5 Å². The molecule has 2 aromatic rings. The van der Waals surface area contributed by atoms with Gasteiger partial charge in [0.05, 0.1) is 14.2 Å². The van der Waals surface area contributed by atoms with Crippen molar-refractivity contribution in [3.8, 4) is 11.5 Å². The fourth-order valence-corrected chi connectivity index (χ4v) is 2.30. The molecule has 0 atom stereocenters. The highest BCUT2D eigenvalue weighted by Gasteiger charge is 2.17. The van der Waals surface area contributed by atoms with E-state index in [1.165, 1.54) is 31.4 Å². The Morgan fingerprint density at radius 2 is 1.59 bits per heavy atom. The highest BCUT2D eigenvalue weighted by molar-refractivity contribution is 6.38. The molecule has 4 N–H and O–H groups in total. The maximum absolute atomic E-state index is 11.9. The summed E-state index contributed by atoms with van der Waals surface area (Å²) in [6.45, 7) is 0.220. The van der Waals surface area contributed by atoms with Gasteiger partial charge in [-0.25, -0.2) is 0 Å². The summed E-state index contributed by atoms with van der Waals surface area (Å²) >= 11 is 0. The summed E-state index contributed by atoms with van der Waals surface area (Å²) in [5.41, 5.74) is 7.15. The molecule has 0 aliphatic carbocycles. The number of carbonyl (C=O) groups is 3. The minimum atomic E-state index is -1.02. The second-order valence-corrected chi connectivity index (χ2v) is 5.60. The van der Waals surface area contributed by atoms with Gasteiger partial charge in [-0.15, -0.1) is 0 Å². The SMILES string of the molecule is COc1ccc(CCNC(=O)C(=O)NC(=O)c2ccc(N)cc2)cc1OC. The molecule has 0 aromatic heterocycles. The number of amides is 3. The topological polar surface area (TPSA) is 120 Å². The molecule has 0 heterocycles. The van der Waals surface area contributed by atoms with E-state index in [1.807, 2.05) is 11.4 Å². The van der Waals surface area contributed by atoms with Crippen LogP contribution in [0.2, 0.25) is 0 Å². The number of ether oxygens (including phenoxy) is 2. The standard InChI is InChI=1S/C19H21N3O5/c1-26-15-8-3-12(11-16(15)27-2)9-10-21-18(24)19(25)22-17(23)13-4-6-14(20)7-5-13/h3-8,11H,9-10,20H2,1-2H3,(H,21,24)(H,22,23,25). The van der Waals surface area contributed by atoms with E-state index in [9.17, 15) is 14.4 Å². The second kappa shape index (κ2) is 9.23. The van der Waals surface area contributed by atoms with Gasteiger partial charge >= 0.3 is 11.8 Å². The molecule has 27 heavy (non-hydrogen) atoms. The van der Waals surface area contributed by atoms with Crippen molar-refractivity contribution in [3.05, 3.63) is 53.6 Å². The number of hydrogen-bond acceptors (Lipinski definition) is 6. The molecule has 0 unspecified atom stereocenters. The maximum Gasteiger partial charge on any atom is 0.316 e. The second-order valence-electron chi connectivity index (χ2n) is 5.60. The lowest BCUT2D eigenvalue weighted by molar-refractivity contribution is -0.138. The number of anilines is 1. The van der Waals surface area contributed by atoms with Crippen LogP contribution in [0.4, 0.5) is 5.69 Å². The zero-order valence-electron chi connectivity index (χ0n) is 15.1. The molecule has 3 amide bonds. The molecule has 0 radical (unpaired) electrons. The summed E-state index contributed by atoms with van der Waals surface area (Å²) in [4.78, 5) is 35.6. The number of nitrogens with two attached hydrogens (primary N) is 1. The molecular weight excluding hydrogens is 350 g/mol. The van der Waals surface area contributed by atoms with Crippen LogP contribution in [0.1, 0.15) is 15.9 Å². The first-order valence-corrected chi connectivity index (χ1v) is 8.14. The predicted octanol–water partition coefficient (Wildman–Crippen LogP) is 0.901. The lowest BCUT2D eigenvalue weighted by Crippen LogP contribution is -2.43. The Balaban J connectivity index is 1.83. The van der Waals surface area contributed by atoms with Gasteiger partial charge in [0.2, 0.25) is 0 Å². The number of imide groups is 1. The van der Waals surface area contributed by atoms with Crippen molar-refractivity contribution in [3.63, 3.8) is 0 Å². The predicted molar refractivity (Wildman–Crippen MR) is 99.6 cm³/mol. The first kappa shape index (κ1) is 19.8. The average Bonchev–Trinajstić information content (AvgIpc) is 2.68. The minimum Gasteiger partial charge on any atom is -0.493 e. The van der Waals surface area contributed by atoms with Crippen LogP contribution in [0.5, 0.6) is 11.5 Å². The number of rotatable bonds is 6. The van der Waals surface area contributed by atoms with E-state index in [1.54, 1.807) is 19.2 Å². The van der Waals surface area contributed by atoms with Crippen molar-refractivity contribution in [2.24, 2.45) is 0 Å². The average molecular weight is 371 g/mol. The van der Waals surface area contributed by atoms with E-state index in [0.717, 1.165) is 5.56 Å². The summed E-state index contributed by atoms with van der Waals surface area (Å²) in [5, 5.41) is 4.50. The smallest absolute Gasteiger partial charge is 0.316 e. The Morgan fingerprint density at radius 3 is 2.22 bits per heavy atom. The summed E-state index contributed by atoms with van der Waals surface area (Å²) in [5.74, 6) is -1.41. The largest absolute Gasteiger partial charge is 0.493 e. The number of carbonyl (C=O) groups excluding carboxylic acids is 3. The minimum absolute atomic E-state index is 0.220. The Labute approximate surface area is 156 Å². The Morgan fingerprint density at radius 1 is 0.926 bits per heavy atom. The van der Waals surface area contributed by atoms with E-state index in [4.69, 9.17) is 15.2 Å². The number of nitrogen functional groups attached to an aromatic ring is 1. The van der Waals surface area contributed by atoms with Crippen molar-refractivity contribution in [2.75, 3.05) is 26.5 Å². The number of nitrogens with one attached hydrogen (secondary N) is 2. The molecule has 0 bridgehead atoms. The number of benzene rings is 2. The molecule has 8 heteroatoms. The highest BCUT2D eigenvalue weighted by Crippen LogP contribution is 2.27. The van der Waals surface area contributed by atoms with Crippen LogP contribution in [-0.4, -0.2) is 38.5 Å². The molecule has 0 aliphatic rings. The number of hydrogen-bond donors (Lipinski definition) is 3. The molecule has 0 fully saturated rings. The van der Waals surface area contributed by atoms with E-state index in [2.05, 4.69) is 5.32 Å². The van der Waals surface area contributed by atoms with Crippen molar-refractivity contribution in [2.45, 2.75) is 6.42 Å². The van der Waals surface area contributed by atoms with Gasteiger partial charge in [0.15, 0.2) is 11.5 Å². The van der Waals surface area contributed by atoms with Crippen molar-refractivity contribution < 1.29 is 23.9 Å². The quantitative estimate of drug-likeness (QED) is 0.513. The maximum atomic E-state index is 11.9. The van der Waals surface area contributed by atoms with Crippen LogP contribution in [0.3, 0.4) is 0 Å². The lowest BCUT2D eigenvalue weighted by atomic mass is 10.1. The molecule has 142 valence electrons. The van der Waals surface area contributed by atoms with E-state index in [0.29, 0.717) is 23.6 Å². The van der Waals surface area contributed by atoms with Crippen LogP contribution in [-0.2, 0) is 16.0 Å². The van der Waals surface area contributed by atoms with Gasteiger partial charge in [-0.2, -0.15) is 0 Å². The van der Waals surface area contributed by atoms with Crippen molar-refractivity contribution in [1.82, 2.24) is 10.6 Å². The van der Waals surface area contributed by atoms with Crippen LogP contribution < -0.4 is 25.8 Å². The summed E-state index contributed by atoms with van der Waals surface area (Å²) < 4.78 is 10.4. The molecular formula is C19H21N3O5. The third-order valence-electron chi connectivity index (χ3n) is 3.75. The third kappa shape index (κ3) is 5.46. The fraction of sp³-hybridized carbons (Fsp3) is 0.211. The fourth-order valence-electron chi connectivity index (χ4n) is 2.30. The summed E-state index contributed by atoms with van der Waals surface area (Å²) in [7, 11) is 3.08. The monoisotopic (exact) mass is 371 g/mol. The first-order chi connectivity index (χ1) is 12.9. The summed E-state index contributed by atoms with van der Waals surface area (Å²) in [6, 6.07) is 11.4. The van der Waals surface area contributed by atoms with E-state index >= 15 is 0 Å². The van der Waals surface area contributed by atoms with Crippen molar-refractivity contribution >= 4 is 23.4 Å². The first-order valence-electron chi connectivity index (χ1n) is 8.14. The van der Waals surface area contributed by atoms with Gasteiger partial charge in [0.25, 0.3) is 5.91 Å². The van der Waals surface area contributed by atoms with E-state index < -0.39 is 17.7 Å².